The number of likely N-dealkylation sites (tertiary alicyclic amines) is 1. The first-order valence-corrected chi connectivity index (χ1v) is 14.7. The zero-order chi connectivity index (χ0) is 31.8. The van der Waals surface area contributed by atoms with E-state index in [0.29, 0.717) is 21.3 Å². The molecule has 226 valence electrons. The van der Waals surface area contributed by atoms with E-state index in [0.717, 1.165) is 21.8 Å². The number of nitrogens with one attached hydrogen (secondary N) is 1. The highest BCUT2D eigenvalue weighted by molar-refractivity contribution is 7.18. The summed E-state index contributed by atoms with van der Waals surface area (Å²) < 4.78 is 5.78. The first-order chi connectivity index (χ1) is 20.9. The monoisotopic (exact) mass is 633 g/mol. The summed E-state index contributed by atoms with van der Waals surface area (Å²) in [6.07, 6.45) is 0. The smallest absolute Gasteiger partial charge is 0.330 e. The van der Waals surface area contributed by atoms with Crippen LogP contribution in [0.15, 0.2) is 84.9 Å². The minimum atomic E-state index is -2.02. The summed E-state index contributed by atoms with van der Waals surface area (Å²) in [5.41, 5.74) is -0.338. The highest BCUT2D eigenvalue weighted by atomic mass is 35.5. The zero-order valence-electron chi connectivity index (χ0n) is 23.9. The zero-order valence-corrected chi connectivity index (χ0v) is 25.5. The Balaban J connectivity index is 1.81. The first kappa shape index (κ1) is 30.7. The van der Waals surface area contributed by atoms with Gasteiger partial charge in [-0.05, 0) is 66.9 Å². The average Bonchev–Trinajstić information content (AvgIpc) is 3.56. The lowest BCUT2D eigenvalue weighted by molar-refractivity contribution is -0.385. The number of Topliss-reactive ketones (excluding diaryl/α,β-unsaturated/α-hetero) is 1. The number of thiophene rings is 1. The maximum absolute atomic E-state index is 14.5. The number of carboxylic acids is 1. The van der Waals surface area contributed by atoms with Gasteiger partial charge in [0.15, 0.2) is 5.78 Å². The molecule has 2 N–H and O–H groups in total. The second kappa shape index (κ2) is 12.1. The van der Waals surface area contributed by atoms with E-state index in [4.69, 9.17) is 16.3 Å². The van der Waals surface area contributed by atoms with Gasteiger partial charge in [-0.15, -0.1) is 11.3 Å². The SMILES string of the molecule is COc1cccc(C2C(C(=O)c3ccc(Cl)s3)C(c3cccc([N+](=O)[O-])c3)N(C(=O)Nc3cccc(C)c3)C2(C)C(=O)O)c1. The third kappa shape index (κ3) is 5.51. The van der Waals surface area contributed by atoms with E-state index in [1.165, 1.54) is 32.2 Å². The number of nitro groups is 1. The normalized spacial score (nSPS) is 21.1. The number of carboxylic acid groups (broad SMARTS) is 1. The van der Waals surface area contributed by atoms with Gasteiger partial charge in [-0.25, -0.2) is 9.59 Å². The number of carbonyl (C=O) groups excluding carboxylic acids is 2. The molecule has 1 aromatic heterocycles. The van der Waals surface area contributed by atoms with Crippen LogP contribution in [0.4, 0.5) is 16.2 Å². The number of hydrogen-bond acceptors (Lipinski definition) is 7. The standard InChI is InChI=1S/C32H28ClN3O7S/c1-18-7-4-10-21(15-18)34-31(40)35-28(20-9-5-11-22(16-20)36(41)42)26(29(37)24-13-14-25(33)44-24)27(32(35,2)30(38)39)19-8-6-12-23(17-19)43-3/h4-17,26-28H,1-3H3,(H,34,40)(H,38,39). The van der Waals surface area contributed by atoms with Gasteiger partial charge in [0.2, 0.25) is 0 Å². The molecule has 0 bridgehead atoms. The van der Waals surface area contributed by atoms with E-state index in [9.17, 15) is 29.6 Å². The molecule has 10 nitrogen and oxygen atoms in total. The number of ketones is 1. The fraction of sp³-hybridized carbons (Fsp3) is 0.219. The second-order valence-electron chi connectivity index (χ2n) is 10.7. The Hall–Kier alpha value is -4.74. The number of nitro benzene ring substituents is 1. The van der Waals surface area contributed by atoms with Crippen molar-refractivity contribution in [2.24, 2.45) is 5.92 Å². The van der Waals surface area contributed by atoms with Crippen LogP contribution in [0.2, 0.25) is 4.34 Å². The van der Waals surface area contributed by atoms with Gasteiger partial charge >= 0.3 is 12.0 Å². The Labute approximate surface area is 262 Å². The highest BCUT2D eigenvalue weighted by Gasteiger charge is 2.65. The molecule has 0 saturated carbocycles. The van der Waals surface area contributed by atoms with Crippen molar-refractivity contribution in [1.82, 2.24) is 4.90 Å². The van der Waals surface area contributed by atoms with Gasteiger partial charge in [0.25, 0.3) is 5.69 Å². The quantitative estimate of drug-likeness (QED) is 0.118. The minimum absolute atomic E-state index is 0.234. The van der Waals surface area contributed by atoms with Gasteiger partial charge in [0.05, 0.1) is 33.2 Å². The number of hydrogen-bond donors (Lipinski definition) is 2. The Bertz CT molecular complexity index is 1780. The summed E-state index contributed by atoms with van der Waals surface area (Å²) in [5.74, 6) is -3.70. The van der Waals surface area contributed by atoms with Crippen molar-refractivity contribution in [3.63, 3.8) is 0 Å². The summed E-state index contributed by atoms with van der Waals surface area (Å²) in [7, 11) is 1.47. The number of urea groups is 1. The molecular formula is C32H28ClN3O7S. The van der Waals surface area contributed by atoms with Crippen LogP contribution in [0.25, 0.3) is 0 Å². The minimum Gasteiger partial charge on any atom is -0.497 e. The van der Waals surface area contributed by atoms with E-state index < -0.39 is 46.1 Å². The van der Waals surface area contributed by atoms with Crippen molar-refractivity contribution < 1.29 is 29.2 Å². The summed E-state index contributed by atoms with van der Waals surface area (Å²) in [5, 5.41) is 25.6. The summed E-state index contributed by atoms with van der Waals surface area (Å²) in [6.45, 7) is 3.24. The molecule has 5 rings (SSSR count). The Morgan fingerprint density at radius 2 is 1.73 bits per heavy atom. The van der Waals surface area contributed by atoms with Gasteiger partial charge in [-0.2, -0.15) is 0 Å². The lowest BCUT2D eigenvalue weighted by Gasteiger charge is -2.37. The number of amides is 2. The Morgan fingerprint density at radius 3 is 2.36 bits per heavy atom. The van der Waals surface area contributed by atoms with Gasteiger partial charge in [0.1, 0.15) is 11.3 Å². The van der Waals surface area contributed by atoms with Crippen LogP contribution < -0.4 is 10.1 Å². The molecule has 0 aliphatic carbocycles. The van der Waals surface area contributed by atoms with Crippen LogP contribution in [-0.4, -0.2) is 45.4 Å². The molecule has 0 radical (unpaired) electrons. The third-order valence-corrected chi connectivity index (χ3v) is 9.24. The van der Waals surface area contributed by atoms with E-state index in [-0.39, 0.29) is 16.1 Å². The molecule has 3 aromatic carbocycles. The molecule has 1 aliphatic rings. The van der Waals surface area contributed by atoms with Crippen LogP contribution in [0.5, 0.6) is 5.75 Å². The number of ether oxygens (including phenoxy) is 1. The first-order valence-electron chi connectivity index (χ1n) is 13.5. The Morgan fingerprint density at radius 1 is 1.02 bits per heavy atom. The molecule has 4 atom stereocenters. The molecule has 4 aromatic rings. The molecular weight excluding hydrogens is 606 g/mol. The molecule has 44 heavy (non-hydrogen) atoms. The lowest BCUT2D eigenvalue weighted by atomic mass is 9.72. The number of rotatable bonds is 8. The number of aliphatic carboxylic acids is 1. The molecule has 4 unspecified atom stereocenters. The van der Waals surface area contributed by atoms with Crippen LogP contribution in [0, 0.1) is 23.0 Å². The van der Waals surface area contributed by atoms with Gasteiger partial charge in [-0.3, -0.25) is 19.8 Å². The number of methoxy groups -OCH3 is 1. The molecule has 1 aliphatic heterocycles. The fourth-order valence-corrected chi connectivity index (χ4v) is 7.09. The number of halogens is 1. The average molecular weight is 634 g/mol. The maximum atomic E-state index is 14.5. The second-order valence-corrected chi connectivity index (χ2v) is 12.4. The van der Waals surface area contributed by atoms with Crippen molar-refractivity contribution in [3.05, 3.63) is 121 Å². The summed E-state index contributed by atoms with van der Waals surface area (Å²) in [4.78, 5) is 54.9. The van der Waals surface area contributed by atoms with Gasteiger partial charge in [0, 0.05) is 23.7 Å². The van der Waals surface area contributed by atoms with Crippen molar-refractivity contribution >= 4 is 52.1 Å². The van der Waals surface area contributed by atoms with E-state index in [1.807, 2.05) is 13.0 Å². The molecule has 1 saturated heterocycles. The number of nitrogens with zero attached hydrogens (tertiary/aromatic N) is 2. The summed E-state index contributed by atoms with van der Waals surface area (Å²) >= 11 is 7.24. The number of carbonyl (C=O) groups is 3. The molecule has 1 fully saturated rings. The lowest BCUT2D eigenvalue weighted by Crippen LogP contribution is -2.55. The fourth-order valence-electron chi connectivity index (χ4n) is 6.06. The molecule has 2 amide bonds. The van der Waals surface area contributed by atoms with E-state index in [2.05, 4.69) is 5.32 Å². The van der Waals surface area contributed by atoms with Gasteiger partial charge < -0.3 is 15.2 Å². The molecule has 2 heterocycles. The Kier molecular flexibility index (Phi) is 8.44. The number of aryl methyl sites for hydroxylation is 1. The number of anilines is 1. The van der Waals surface area contributed by atoms with Crippen molar-refractivity contribution in [2.45, 2.75) is 31.3 Å². The highest BCUT2D eigenvalue weighted by Crippen LogP contribution is 2.57. The topological polar surface area (TPSA) is 139 Å². The van der Waals surface area contributed by atoms with Gasteiger partial charge in [-0.1, -0.05) is 48.0 Å². The van der Waals surface area contributed by atoms with Crippen LogP contribution in [-0.2, 0) is 4.79 Å². The predicted octanol–water partition coefficient (Wildman–Crippen LogP) is 7.34. The van der Waals surface area contributed by atoms with Crippen LogP contribution >= 0.6 is 22.9 Å². The van der Waals surface area contributed by atoms with Crippen molar-refractivity contribution in [3.8, 4) is 5.75 Å². The van der Waals surface area contributed by atoms with Crippen molar-refractivity contribution in [1.29, 1.82) is 0 Å². The van der Waals surface area contributed by atoms with Crippen LogP contribution in [0.3, 0.4) is 0 Å². The maximum Gasteiger partial charge on any atom is 0.330 e. The van der Waals surface area contributed by atoms with E-state index >= 15 is 0 Å². The predicted molar refractivity (Wildman–Crippen MR) is 167 cm³/mol. The van der Waals surface area contributed by atoms with Crippen LogP contribution in [0.1, 0.15) is 45.2 Å². The third-order valence-electron chi connectivity index (χ3n) is 8.00. The van der Waals surface area contributed by atoms with E-state index in [1.54, 1.807) is 60.7 Å². The largest absolute Gasteiger partial charge is 0.497 e. The van der Waals surface area contributed by atoms with Crippen molar-refractivity contribution in [2.75, 3.05) is 12.4 Å². The molecule has 12 heteroatoms. The number of benzene rings is 3. The summed E-state index contributed by atoms with van der Waals surface area (Å²) in [6, 6.07) is 20.3. The number of non-ortho nitro benzene ring substituents is 1. The molecule has 0 spiro atoms.